The number of H-pyrrole nitrogens is 2. The van der Waals surface area contributed by atoms with Gasteiger partial charge in [0.15, 0.2) is 0 Å². The maximum absolute atomic E-state index is 12.8. The fourth-order valence-corrected chi connectivity index (χ4v) is 3.93. The average molecular weight is 354 g/mol. The van der Waals surface area contributed by atoms with Crippen LogP contribution in [0.25, 0.3) is 0 Å². The van der Waals surface area contributed by atoms with Gasteiger partial charge in [0.1, 0.15) is 5.69 Å². The zero-order chi connectivity index (χ0) is 17.2. The van der Waals surface area contributed by atoms with Crippen molar-refractivity contribution in [1.82, 2.24) is 20.1 Å². The van der Waals surface area contributed by atoms with E-state index in [1.165, 1.54) is 16.9 Å². The first-order valence-corrected chi connectivity index (χ1v) is 9.14. The lowest BCUT2D eigenvalue weighted by Crippen LogP contribution is -2.33. The normalized spacial score (nSPS) is 14.2. The Labute approximate surface area is 148 Å². The Morgan fingerprint density at radius 2 is 1.96 bits per heavy atom. The Balaban J connectivity index is 1.46. The molecular weight excluding hydrogens is 336 g/mol. The number of carbonyl (C=O) groups is 1. The SMILES string of the molecule is O=C(c1csc(Cc2ccccc2)n1)N1CCc2[nH][nH]c(=O)c2CC1. The molecule has 1 aliphatic rings. The van der Waals surface area contributed by atoms with E-state index in [-0.39, 0.29) is 11.5 Å². The minimum Gasteiger partial charge on any atom is -0.337 e. The molecule has 0 atom stereocenters. The summed E-state index contributed by atoms with van der Waals surface area (Å²) in [5.74, 6) is -0.0582. The van der Waals surface area contributed by atoms with Crippen LogP contribution in [0.2, 0.25) is 0 Å². The van der Waals surface area contributed by atoms with E-state index in [0.29, 0.717) is 31.6 Å². The quantitative estimate of drug-likeness (QED) is 0.755. The van der Waals surface area contributed by atoms with E-state index in [1.807, 2.05) is 23.6 Å². The molecular formula is C18H18N4O2S. The fourth-order valence-electron chi connectivity index (χ4n) is 3.13. The second-order valence-corrected chi connectivity index (χ2v) is 7.06. The van der Waals surface area contributed by atoms with Crippen molar-refractivity contribution in [1.29, 1.82) is 0 Å². The van der Waals surface area contributed by atoms with Crippen molar-refractivity contribution in [2.24, 2.45) is 0 Å². The number of benzene rings is 1. The van der Waals surface area contributed by atoms with Gasteiger partial charge in [-0.1, -0.05) is 30.3 Å². The lowest BCUT2D eigenvalue weighted by Gasteiger charge is -2.18. The predicted octanol–water partition coefficient (Wildman–Crippen LogP) is 1.99. The second kappa shape index (κ2) is 6.68. The summed E-state index contributed by atoms with van der Waals surface area (Å²) in [6.07, 6.45) is 1.96. The van der Waals surface area contributed by atoms with E-state index in [0.717, 1.165) is 22.7 Å². The molecule has 0 fully saturated rings. The maximum Gasteiger partial charge on any atom is 0.273 e. The smallest absolute Gasteiger partial charge is 0.273 e. The van der Waals surface area contributed by atoms with Gasteiger partial charge in [-0.05, 0) is 12.0 Å². The third kappa shape index (κ3) is 3.28. The lowest BCUT2D eigenvalue weighted by atomic mass is 10.2. The molecule has 0 spiro atoms. The van der Waals surface area contributed by atoms with Crippen LogP contribution in [-0.2, 0) is 19.3 Å². The summed E-state index contributed by atoms with van der Waals surface area (Å²) in [6, 6.07) is 10.1. The van der Waals surface area contributed by atoms with Crippen molar-refractivity contribution < 1.29 is 4.79 Å². The van der Waals surface area contributed by atoms with Crippen molar-refractivity contribution in [3.8, 4) is 0 Å². The van der Waals surface area contributed by atoms with E-state index < -0.39 is 0 Å². The Hall–Kier alpha value is -2.67. The fraction of sp³-hybridized carbons (Fsp3) is 0.278. The Morgan fingerprint density at radius 1 is 1.16 bits per heavy atom. The highest BCUT2D eigenvalue weighted by Gasteiger charge is 2.23. The number of aromatic amines is 2. The highest BCUT2D eigenvalue weighted by Crippen LogP contribution is 2.18. The van der Waals surface area contributed by atoms with Gasteiger partial charge in [-0.2, -0.15) is 0 Å². The summed E-state index contributed by atoms with van der Waals surface area (Å²) in [6.45, 7) is 1.13. The van der Waals surface area contributed by atoms with E-state index >= 15 is 0 Å². The first-order chi connectivity index (χ1) is 12.2. The van der Waals surface area contributed by atoms with Gasteiger partial charge in [0, 0.05) is 42.6 Å². The molecule has 2 N–H and O–H groups in total. The number of hydrogen-bond acceptors (Lipinski definition) is 4. The molecule has 25 heavy (non-hydrogen) atoms. The molecule has 7 heteroatoms. The van der Waals surface area contributed by atoms with Crippen LogP contribution >= 0.6 is 11.3 Å². The van der Waals surface area contributed by atoms with Crippen LogP contribution in [0.1, 0.15) is 32.3 Å². The molecule has 2 aromatic heterocycles. The lowest BCUT2D eigenvalue weighted by molar-refractivity contribution is 0.0757. The summed E-state index contributed by atoms with van der Waals surface area (Å²) in [4.78, 5) is 30.8. The van der Waals surface area contributed by atoms with Crippen LogP contribution in [0, 0.1) is 0 Å². The van der Waals surface area contributed by atoms with E-state index in [4.69, 9.17) is 0 Å². The topological polar surface area (TPSA) is 81.8 Å². The molecule has 1 aromatic carbocycles. The number of carbonyl (C=O) groups excluding carboxylic acids is 1. The Morgan fingerprint density at radius 3 is 2.80 bits per heavy atom. The standard InChI is InChI=1S/C18H18N4O2S/c23-17-13-6-8-22(9-7-14(13)20-21-17)18(24)15-11-25-16(19-15)10-12-4-2-1-3-5-12/h1-5,11H,6-10H2,(H2,20,21,23). The van der Waals surface area contributed by atoms with Crippen LogP contribution < -0.4 is 5.56 Å². The molecule has 1 aliphatic heterocycles. The molecule has 4 rings (SSSR count). The Kier molecular flexibility index (Phi) is 4.23. The third-order valence-corrected chi connectivity index (χ3v) is 5.33. The molecule has 3 aromatic rings. The van der Waals surface area contributed by atoms with Gasteiger partial charge in [0.2, 0.25) is 0 Å². The number of nitrogens with one attached hydrogen (secondary N) is 2. The molecule has 0 radical (unpaired) electrons. The molecule has 1 amide bonds. The number of nitrogens with zero attached hydrogens (tertiary/aromatic N) is 2. The highest BCUT2D eigenvalue weighted by molar-refractivity contribution is 7.09. The first-order valence-electron chi connectivity index (χ1n) is 8.26. The molecule has 0 aliphatic carbocycles. The maximum atomic E-state index is 12.8. The van der Waals surface area contributed by atoms with Crippen molar-refractivity contribution in [2.75, 3.05) is 13.1 Å². The zero-order valence-electron chi connectivity index (χ0n) is 13.6. The van der Waals surface area contributed by atoms with E-state index in [1.54, 1.807) is 4.90 Å². The van der Waals surface area contributed by atoms with Gasteiger partial charge in [0.25, 0.3) is 11.5 Å². The van der Waals surface area contributed by atoms with Gasteiger partial charge in [0.05, 0.1) is 5.01 Å². The van der Waals surface area contributed by atoms with Crippen LogP contribution in [-0.4, -0.2) is 39.1 Å². The molecule has 3 heterocycles. The molecule has 6 nitrogen and oxygen atoms in total. The minimum absolute atomic E-state index is 0.0582. The minimum atomic E-state index is -0.0805. The van der Waals surface area contributed by atoms with Crippen LogP contribution in [0.15, 0.2) is 40.5 Å². The van der Waals surface area contributed by atoms with Gasteiger partial charge in [-0.3, -0.25) is 14.7 Å². The third-order valence-electron chi connectivity index (χ3n) is 4.48. The van der Waals surface area contributed by atoms with Crippen LogP contribution in [0.5, 0.6) is 0 Å². The predicted molar refractivity (Wildman–Crippen MR) is 96.1 cm³/mol. The number of thiazole rings is 1. The largest absolute Gasteiger partial charge is 0.337 e. The molecule has 0 unspecified atom stereocenters. The van der Waals surface area contributed by atoms with Gasteiger partial charge in [-0.25, -0.2) is 4.98 Å². The number of hydrogen-bond donors (Lipinski definition) is 2. The highest BCUT2D eigenvalue weighted by atomic mass is 32.1. The number of rotatable bonds is 3. The van der Waals surface area contributed by atoms with Gasteiger partial charge < -0.3 is 10.00 Å². The average Bonchev–Trinajstić information content (AvgIpc) is 3.16. The molecule has 0 saturated heterocycles. The summed E-state index contributed by atoms with van der Waals surface area (Å²) < 4.78 is 0. The van der Waals surface area contributed by atoms with Crippen molar-refractivity contribution >= 4 is 17.2 Å². The van der Waals surface area contributed by atoms with Crippen molar-refractivity contribution in [2.45, 2.75) is 19.3 Å². The van der Waals surface area contributed by atoms with Crippen LogP contribution in [0.3, 0.4) is 0 Å². The summed E-state index contributed by atoms with van der Waals surface area (Å²) in [5, 5.41) is 8.29. The molecule has 0 bridgehead atoms. The second-order valence-electron chi connectivity index (χ2n) is 6.12. The van der Waals surface area contributed by atoms with E-state index in [2.05, 4.69) is 27.3 Å². The first kappa shape index (κ1) is 15.8. The summed E-state index contributed by atoms with van der Waals surface area (Å²) in [7, 11) is 0. The van der Waals surface area contributed by atoms with Gasteiger partial charge in [-0.15, -0.1) is 11.3 Å². The monoisotopic (exact) mass is 354 g/mol. The van der Waals surface area contributed by atoms with Crippen molar-refractivity contribution in [3.05, 3.63) is 73.6 Å². The summed E-state index contributed by atoms with van der Waals surface area (Å²) >= 11 is 1.51. The molecule has 128 valence electrons. The van der Waals surface area contributed by atoms with Crippen LogP contribution in [0.4, 0.5) is 0 Å². The number of fused-ring (bicyclic) bond motifs is 1. The molecule has 0 saturated carbocycles. The number of amides is 1. The van der Waals surface area contributed by atoms with Gasteiger partial charge >= 0.3 is 0 Å². The van der Waals surface area contributed by atoms with Crippen molar-refractivity contribution in [3.63, 3.8) is 0 Å². The summed E-state index contributed by atoms with van der Waals surface area (Å²) in [5.41, 5.74) is 3.27. The Bertz CT molecular complexity index is 941. The van der Waals surface area contributed by atoms with E-state index in [9.17, 15) is 9.59 Å². The zero-order valence-corrected chi connectivity index (χ0v) is 14.4. The number of aromatic nitrogens is 3.